The highest BCUT2D eigenvalue weighted by atomic mass is 16.5. The van der Waals surface area contributed by atoms with E-state index in [9.17, 15) is 9.59 Å². The van der Waals surface area contributed by atoms with Crippen molar-refractivity contribution >= 4 is 17.5 Å². The summed E-state index contributed by atoms with van der Waals surface area (Å²) < 4.78 is 10.3. The third-order valence-corrected chi connectivity index (χ3v) is 5.55. The molecule has 166 valence electrons. The van der Waals surface area contributed by atoms with E-state index in [1.165, 1.54) is 12.5 Å². The molecule has 3 aromatic rings. The van der Waals surface area contributed by atoms with Gasteiger partial charge in [-0.3, -0.25) is 14.5 Å². The Bertz CT molecular complexity index is 1060. The van der Waals surface area contributed by atoms with Crippen LogP contribution in [0.4, 0.5) is 5.69 Å². The Morgan fingerprint density at radius 1 is 0.969 bits per heavy atom. The van der Waals surface area contributed by atoms with Crippen molar-refractivity contribution in [3.05, 3.63) is 77.7 Å². The lowest BCUT2D eigenvalue weighted by Crippen LogP contribution is -2.41. The van der Waals surface area contributed by atoms with E-state index in [1.54, 1.807) is 6.07 Å². The van der Waals surface area contributed by atoms with Crippen molar-refractivity contribution in [1.29, 1.82) is 0 Å². The average molecular weight is 434 g/mol. The highest BCUT2D eigenvalue weighted by Gasteiger charge is 2.12. The number of anilines is 1. The van der Waals surface area contributed by atoms with Crippen LogP contribution >= 0.6 is 0 Å². The first-order chi connectivity index (χ1) is 15.6. The van der Waals surface area contributed by atoms with Crippen molar-refractivity contribution in [2.45, 2.75) is 6.92 Å². The minimum Gasteiger partial charge on any atom is -0.472 e. The minimum atomic E-state index is -0.224. The normalized spacial score (nSPS) is 14.2. The first-order valence-corrected chi connectivity index (χ1v) is 10.7. The number of nitrogens with one attached hydrogen (secondary N) is 2. The quantitative estimate of drug-likeness (QED) is 0.595. The third-order valence-electron chi connectivity index (χ3n) is 5.55. The molecule has 1 aromatic heterocycles. The van der Waals surface area contributed by atoms with Gasteiger partial charge in [-0.15, -0.1) is 0 Å². The van der Waals surface area contributed by atoms with Crippen LogP contribution in [0.3, 0.4) is 0 Å². The van der Waals surface area contributed by atoms with E-state index >= 15 is 0 Å². The van der Waals surface area contributed by atoms with Gasteiger partial charge in [0.15, 0.2) is 0 Å². The van der Waals surface area contributed by atoms with E-state index in [4.69, 9.17) is 9.15 Å². The second kappa shape index (κ2) is 10.3. The van der Waals surface area contributed by atoms with Crippen LogP contribution in [0.1, 0.15) is 26.3 Å². The van der Waals surface area contributed by atoms with E-state index in [1.807, 2.05) is 49.4 Å². The molecule has 1 fully saturated rings. The summed E-state index contributed by atoms with van der Waals surface area (Å²) in [7, 11) is 0. The molecule has 0 unspecified atom stereocenters. The standard InChI is InChI=1S/C25H27N3O4/c1-18-2-7-22(27-25(30)21-8-13-32-17-21)16-23(18)19-3-5-20(6-4-19)24(29)26-9-10-28-11-14-31-15-12-28/h2-8,13,16-17H,9-12,14-15H2,1H3,(H,26,29)(H,27,30). The topological polar surface area (TPSA) is 83.8 Å². The van der Waals surface area contributed by atoms with Crippen molar-refractivity contribution in [3.63, 3.8) is 0 Å². The number of nitrogens with zero attached hydrogens (tertiary/aromatic N) is 1. The number of benzene rings is 2. The summed E-state index contributed by atoms with van der Waals surface area (Å²) in [6.07, 6.45) is 2.88. The molecule has 7 heteroatoms. The molecular weight excluding hydrogens is 406 g/mol. The number of hydrogen-bond acceptors (Lipinski definition) is 5. The van der Waals surface area contributed by atoms with Gasteiger partial charge in [-0.2, -0.15) is 0 Å². The van der Waals surface area contributed by atoms with Gasteiger partial charge in [0.1, 0.15) is 6.26 Å². The number of furan rings is 1. The van der Waals surface area contributed by atoms with Gasteiger partial charge in [-0.1, -0.05) is 18.2 Å². The Kier molecular flexibility index (Phi) is 6.99. The van der Waals surface area contributed by atoms with Crippen molar-refractivity contribution in [1.82, 2.24) is 10.2 Å². The van der Waals surface area contributed by atoms with Crippen LogP contribution in [0.5, 0.6) is 0 Å². The van der Waals surface area contributed by atoms with E-state index in [2.05, 4.69) is 15.5 Å². The SMILES string of the molecule is Cc1ccc(NC(=O)c2ccoc2)cc1-c1ccc(C(=O)NCCN2CCOCC2)cc1. The molecule has 0 atom stereocenters. The second-order valence-corrected chi connectivity index (χ2v) is 7.78. The summed E-state index contributed by atoms with van der Waals surface area (Å²) in [5.41, 5.74) is 4.84. The fourth-order valence-corrected chi connectivity index (χ4v) is 3.66. The average Bonchev–Trinajstić information content (AvgIpc) is 3.36. The van der Waals surface area contributed by atoms with Gasteiger partial charge in [0.25, 0.3) is 11.8 Å². The summed E-state index contributed by atoms with van der Waals surface area (Å²) in [5.74, 6) is -0.305. The van der Waals surface area contributed by atoms with Crippen LogP contribution in [-0.4, -0.2) is 56.1 Å². The predicted molar refractivity (Wildman–Crippen MR) is 123 cm³/mol. The maximum absolute atomic E-state index is 12.5. The third kappa shape index (κ3) is 5.43. The molecule has 0 aliphatic carbocycles. The number of ether oxygens (including phenoxy) is 1. The smallest absolute Gasteiger partial charge is 0.258 e. The van der Waals surface area contributed by atoms with E-state index < -0.39 is 0 Å². The van der Waals surface area contributed by atoms with Crippen LogP contribution in [0.25, 0.3) is 11.1 Å². The second-order valence-electron chi connectivity index (χ2n) is 7.78. The number of carbonyl (C=O) groups excluding carboxylic acids is 2. The van der Waals surface area contributed by atoms with Crippen molar-refractivity contribution < 1.29 is 18.7 Å². The number of aryl methyl sites for hydroxylation is 1. The summed E-state index contributed by atoms with van der Waals surface area (Å²) >= 11 is 0. The van der Waals surface area contributed by atoms with Crippen molar-refractivity contribution in [2.75, 3.05) is 44.7 Å². The summed E-state index contributed by atoms with van der Waals surface area (Å²) in [6, 6.07) is 14.9. The number of rotatable bonds is 7. The van der Waals surface area contributed by atoms with Crippen LogP contribution in [0, 0.1) is 6.92 Å². The minimum absolute atomic E-state index is 0.0809. The first-order valence-electron chi connectivity index (χ1n) is 10.7. The maximum Gasteiger partial charge on any atom is 0.258 e. The monoisotopic (exact) mass is 433 g/mol. The molecule has 2 aromatic carbocycles. The van der Waals surface area contributed by atoms with Crippen LogP contribution in [0.15, 0.2) is 65.5 Å². The van der Waals surface area contributed by atoms with Crippen LogP contribution in [0.2, 0.25) is 0 Å². The maximum atomic E-state index is 12.5. The van der Waals surface area contributed by atoms with E-state index in [0.29, 0.717) is 23.4 Å². The number of carbonyl (C=O) groups is 2. The zero-order valence-electron chi connectivity index (χ0n) is 18.1. The summed E-state index contributed by atoms with van der Waals surface area (Å²) in [4.78, 5) is 27.1. The van der Waals surface area contributed by atoms with Gasteiger partial charge in [0.05, 0.1) is 25.0 Å². The number of hydrogen-bond donors (Lipinski definition) is 2. The van der Waals surface area contributed by atoms with E-state index in [0.717, 1.165) is 49.5 Å². The molecule has 2 amide bonds. The molecule has 4 rings (SSSR count). The van der Waals surface area contributed by atoms with Gasteiger partial charge >= 0.3 is 0 Å². The molecule has 0 radical (unpaired) electrons. The van der Waals surface area contributed by atoms with Crippen LogP contribution in [-0.2, 0) is 4.74 Å². The Labute approximate surface area is 187 Å². The fraction of sp³-hybridized carbons (Fsp3) is 0.280. The highest BCUT2D eigenvalue weighted by Crippen LogP contribution is 2.27. The van der Waals surface area contributed by atoms with Crippen LogP contribution < -0.4 is 10.6 Å². The Balaban J connectivity index is 1.38. The number of amides is 2. The molecule has 1 aliphatic rings. The molecule has 0 saturated carbocycles. The molecule has 32 heavy (non-hydrogen) atoms. The fourth-order valence-electron chi connectivity index (χ4n) is 3.66. The van der Waals surface area contributed by atoms with Crippen molar-refractivity contribution in [3.8, 4) is 11.1 Å². The van der Waals surface area contributed by atoms with Gasteiger partial charge in [0.2, 0.25) is 0 Å². The van der Waals surface area contributed by atoms with E-state index in [-0.39, 0.29) is 11.8 Å². The number of morpholine rings is 1. The molecule has 0 spiro atoms. The molecular formula is C25H27N3O4. The Morgan fingerprint density at radius 2 is 1.75 bits per heavy atom. The summed E-state index contributed by atoms with van der Waals surface area (Å²) in [5, 5.41) is 5.87. The van der Waals surface area contributed by atoms with Gasteiger partial charge in [0, 0.05) is 37.4 Å². The molecule has 2 heterocycles. The molecule has 7 nitrogen and oxygen atoms in total. The Hall–Kier alpha value is -3.42. The lowest BCUT2D eigenvalue weighted by molar-refractivity contribution is 0.0383. The largest absolute Gasteiger partial charge is 0.472 e. The first kappa shape index (κ1) is 21.8. The molecule has 1 saturated heterocycles. The molecule has 1 aliphatic heterocycles. The zero-order chi connectivity index (χ0) is 22.3. The zero-order valence-corrected chi connectivity index (χ0v) is 18.1. The van der Waals surface area contributed by atoms with Gasteiger partial charge in [-0.25, -0.2) is 0 Å². The lowest BCUT2D eigenvalue weighted by atomic mass is 9.98. The van der Waals surface area contributed by atoms with Gasteiger partial charge in [-0.05, 0) is 53.9 Å². The molecule has 0 bridgehead atoms. The lowest BCUT2D eigenvalue weighted by Gasteiger charge is -2.26. The van der Waals surface area contributed by atoms with Crippen molar-refractivity contribution in [2.24, 2.45) is 0 Å². The predicted octanol–water partition coefficient (Wildman–Crippen LogP) is 3.57. The Morgan fingerprint density at radius 3 is 2.47 bits per heavy atom. The van der Waals surface area contributed by atoms with Gasteiger partial charge < -0.3 is 19.8 Å². The molecule has 2 N–H and O–H groups in total. The highest BCUT2D eigenvalue weighted by molar-refractivity contribution is 6.04. The summed E-state index contributed by atoms with van der Waals surface area (Å²) in [6.45, 7) is 6.77.